The van der Waals surface area contributed by atoms with Gasteiger partial charge in [0, 0.05) is 23.9 Å². The summed E-state index contributed by atoms with van der Waals surface area (Å²) in [5.74, 6) is -1.18. The van der Waals surface area contributed by atoms with Crippen molar-refractivity contribution < 1.29 is 23.1 Å². The van der Waals surface area contributed by atoms with Crippen molar-refractivity contribution in [2.75, 3.05) is 0 Å². The van der Waals surface area contributed by atoms with Gasteiger partial charge >= 0.3 is 6.43 Å². The highest BCUT2D eigenvalue weighted by Crippen LogP contribution is 2.39. The van der Waals surface area contributed by atoms with Crippen molar-refractivity contribution in [3.8, 4) is 11.5 Å². The normalized spacial score (nSPS) is 15.0. The summed E-state index contributed by atoms with van der Waals surface area (Å²) in [6.07, 6.45) is -2.28. The predicted octanol–water partition coefficient (Wildman–Crippen LogP) is 4.50. The Morgan fingerprint density at radius 1 is 1.00 bits per heavy atom. The van der Waals surface area contributed by atoms with Crippen LogP contribution < -0.4 is 0 Å². The topological polar surface area (TPSA) is 92.4 Å². The molecule has 0 saturated carbocycles. The summed E-state index contributed by atoms with van der Waals surface area (Å²) in [5.41, 5.74) is 2.68. The van der Waals surface area contributed by atoms with Crippen molar-refractivity contribution in [3.05, 3.63) is 101 Å². The van der Waals surface area contributed by atoms with Crippen molar-refractivity contribution in [3.63, 3.8) is 0 Å². The number of aliphatic hydroxyl groups is 1. The highest BCUT2D eigenvalue weighted by Gasteiger charge is 2.38. The van der Waals surface area contributed by atoms with Gasteiger partial charge < -0.3 is 14.4 Å². The van der Waals surface area contributed by atoms with E-state index < -0.39 is 24.5 Å². The number of aliphatic hydroxyl groups excluding tert-OH is 1. The van der Waals surface area contributed by atoms with Crippen LogP contribution in [0.4, 0.5) is 8.78 Å². The van der Waals surface area contributed by atoms with E-state index >= 15 is 0 Å². The van der Waals surface area contributed by atoms with Crippen LogP contribution in [0.1, 0.15) is 51.6 Å². The molecule has 0 fully saturated rings. The summed E-state index contributed by atoms with van der Waals surface area (Å²) >= 11 is 0. The molecule has 166 valence electrons. The number of fused-ring (bicyclic) bond motifs is 1. The molecule has 0 bridgehead atoms. The van der Waals surface area contributed by atoms with Crippen molar-refractivity contribution in [1.82, 2.24) is 20.1 Å². The molecule has 7 nitrogen and oxygen atoms in total. The highest BCUT2D eigenvalue weighted by atomic mass is 19.3. The third-order valence-corrected chi connectivity index (χ3v) is 5.58. The van der Waals surface area contributed by atoms with Gasteiger partial charge in [0.1, 0.15) is 12.1 Å². The molecular weight excluding hydrogens is 430 g/mol. The maximum Gasteiger partial charge on any atom is 0.314 e. The first kappa shape index (κ1) is 20.9. The second-order valence-corrected chi connectivity index (χ2v) is 7.61. The molecule has 33 heavy (non-hydrogen) atoms. The van der Waals surface area contributed by atoms with Gasteiger partial charge in [0.05, 0.1) is 5.69 Å². The van der Waals surface area contributed by atoms with Crippen LogP contribution in [0, 0.1) is 0 Å². The maximum absolute atomic E-state index is 13.4. The van der Waals surface area contributed by atoms with Crippen molar-refractivity contribution in [2.24, 2.45) is 0 Å². The van der Waals surface area contributed by atoms with Crippen LogP contribution in [0.25, 0.3) is 11.5 Å². The predicted molar refractivity (Wildman–Crippen MR) is 113 cm³/mol. The number of hydrogen-bond donors (Lipinski definition) is 1. The Kier molecular flexibility index (Phi) is 5.39. The van der Waals surface area contributed by atoms with Crippen molar-refractivity contribution in [1.29, 1.82) is 0 Å². The number of hydrogen-bond acceptors (Lipinski definition) is 6. The monoisotopic (exact) mass is 448 g/mol. The van der Waals surface area contributed by atoms with E-state index in [9.17, 15) is 18.7 Å². The molecule has 4 aromatic rings. The summed E-state index contributed by atoms with van der Waals surface area (Å²) in [6, 6.07) is 18.6. The van der Waals surface area contributed by atoms with E-state index in [4.69, 9.17) is 4.42 Å². The molecule has 0 saturated heterocycles. The molecule has 2 atom stereocenters. The first-order chi connectivity index (χ1) is 16.0. The number of rotatable bonds is 6. The van der Waals surface area contributed by atoms with Crippen LogP contribution in [0.15, 0.2) is 77.3 Å². The number of carbonyl (C=O) groups excluding carboxylic acids is 1. The van der Waals surface area contributed by atoms with Gasteiger partial charge in [0.15, 0.2) is 0 Å². The lowest BCUT2D eigenvalue weighted by atomic mass is 9.97. The lowest BCUT2D eigenvalue weighted by Crippen LogP contribution is -2.34. The van der Waals surface area contributed by atoms with Crippen LogP contribution in [-0.2, 0) is 6.54 Å². The zero-order valence-electron chi connectivity index (χ0n) is 17.2. The van der Waals surface area contributed by atoms with E-state index in [1.54, 1.807) is 59.6 Å². The number of alkyl halides is 2. The van der Waals surface area contributed by atoms with E-state index in [1.807, 2.05) is 18.2 Å². The summed E-state index contributed by atoms with van der Waals surface area (Å²) < 4.78 is 30.6. The van der Waals surface area contributed by atoms with Gasteiger partial charge in [0.25, 0.3) is 11.8 Å². The molecule has 9 heteroatoms. The Bertz CT molecular complexity index is 1280. The summed E-state index contributed by atoms with van der Waals surface area (Å²) in [5, 5.41) is 18.2. The molecule has 1 aliphatic rings. The average molecular weight is 448 g/mol. The molecular formula is C24H18F2N4O3. The zero-order chi connectivity index (χ0) is 22.9. The highest BCUT2D eigenvalue weighted by molar-refractivity contribution is 5.99. The second kappa shape index (κ2) is 8.51. The number of pyridine rings is 1. The van der Waals surface area contributed by atoms with Gasteiger partial charge in [0.2, 0.25) is 5.89 Å². The van der Waals surface area contributed by atoms with E-state index in [2.05, 4.69) is 15.2 Å². The molecule has 2 aromatic heterocycles. The van der Waals surface area contributed by atoms with E-state index in [0.29, 0.717) is 22.4 Å². The molecule has 1 aliphatic heterocycles. The minimum absolute atomic E-state index is 0.0926. The van der Waals surface area contributed by atoms with Gasteiger partial charge in [-0.25, -0.2) is 0 Å². The minimum Gasteiger partial charge on any atom is -0.415 e. The van der Waals surface area contributed by atoms with E-state index in [-0.39, 0.29) is 18.3 Å². The zero-order valence-corrected chi connectivity index (χ0v) is 17.2. The Balaban J connectivity index is 1.50. The fourth-order valence-electron chi connectivity index (χ4n) is 4.00. The number of halogens is 2. The fourth-order valence-corrected chi connectivity index (χ4v) is 4.00. The van der Waals surface area contributed by atoms with Crippen LogP contribution in [0.5, 0.6) is 0 Å². The van der Waals surface area contributed by atoms with Crippen LogP contribution >= 0.6 is 0 Å². The minimum atomic E-state index is -2.88. The Morgan fingerprint density at radius 3 is 2.48 bits per heavy atom. The van der Waals surface area contributed by atoms with Crippen LogP contribution in [0.2, 0.25) is 0 Å². The first-order valence-corrected chi connectivity index (χ1v) is 10.2. The fraction of sp³-hybridized carbons (Fsp3) is 0.167. The summed E-state index contributed by atoms with van der Waals surface area (Å²) in [7, 11) is 0. The third-order valence-electron chi connectivity index (χ3n) is 5.58. The summed E-state index contributed by atoms with van der Waals surface area (Å²) in [6.45, 7) is 0.256. The first-order valence-electron chi connectivity index (χ1n) is 10.2. The Hall–Kier alpha value is -3.98. The summed E-state index contributed by atoms with van der Waals surface area (Å²) in [4.78, 5) is 19.4. The van der Waals surface area contributed by atoms with E-state index in [0.717, 1.165) is 5.56 Å². The Labute approximate surface area is 187 Å². The van der Waals surface area contributed by atoms with Gasteiger partial charge in [-0.1, -0.05) is 42.5 Å². The van der Waals surface area contributed by atoms with Crippen LogP contribution in [-0.4, -0.2) is 31.1 Å². The second-order valence-electron chi connectivity index (χ2n) is 7.61. The van der Waals surface area contributed by atoms with Crippen molar-refractivity contribution >= 4 is 5.91 Å². The number of amides is 1. The molecule has 5 rings (SSSR count). The average Bonchev–Trinajstić information content (AvgIpc) is 3.46. The van der Waals surface area contributed by atoms with Crippen molar-refractivity contribution in [2.45, 2.75) is 25.1 Å². The van der Waals surface area contributed by atoms with Gasteiger partial charge in [-0.2, -0.15) is 8.78 Å². The molecule has 0 aliphatic carbocycles. The molecule has 3 heterocycles. The SMILES string of the molecule is O=C1c2cc(-c3nnc(C(F)F)o3)ccc2CN1C(c1ccccn1)[C@H](O)c1ccccc1. The van der Waals surface area contributed by atoms with Crippen LogP contribution in [0.3, 0.4) is 0 Å². The largest absolute Gasteiger partial charge is 0.415 e. The number of nitrogens with zero attached hydrogens (tertiary/aromatic N) is 4. The third kappa shape index (κ3) is 3.87. The molecule has 1 unspecified atom stereocenters. The number of aromatic nitrogens is 3. The lowest BCUT2D eigenvalue weighted by Gasteiger charge is -2.31. The van der Waals surface area contributed by atoms with Gasteiger partial charge in [-0.3, -0.25) is 9.78 Å². The molecule has 1 amide bonds. The lowest BCUT2D eigenvalue weighted by molar-refractivity contribution is 0.0347. The van der Waals surface area contributed by atoms with Gasteiger partial charge in [-0.15, -0.1) is 10.2 Å². The molecule has 2 aromatic carbocycles. The van der Waals surface area contributed by atoms with E-state index in [1.165, 1.54) is 0 Å². The molecule has 0 spiro atoms. The number of carbonyl (C=O) groups is 1. The standard InChI is InChI=1S/C24H18F2N4O3/c25-21(26)23-29-28-22(33-23)15-9-10-16-13-30(24(32)17(16)12-15)19(18-8-4-5-11-27-18)20(31)14-6-2-1-3-7-14/h1-12,19-21,31H,13H2/t19?,20-/m1/s1. The molecule has 1 N–H and O–H groups in total. The Morgan fingerprint density at radius 2 is 1.79 bits per heavy atom. The molecule has 0 radical (unpaired) electrons. The maximum atomic E-state index is 13.4. The number of benzene rings is 2. The quantitative estimate of drug-likeness (QED) is 0.467. The van der Waals surface area contributed by atoms with Gasteiger partial charge in [-0.05, 0) is 35.4 Å². The smallest absolute Gasteiger partial charge is 0.314 e.